The summed E-state index contributed by atoms with van der Waals surface area (Å²) in [4.78, 5) is 14.0. The van der Waals surface area contributed by atoms with Gasteiger partial charge in [-0.3, -0.25) is 4.79 Å². The predicted octanol–water partition coefficient (Wildman–Crippen LogP) is 1.10. The predicted molar refractivity (Wildman–Crippen MR) is 60.5 cm³/mol. The van der Waals surface area contributed by atoms with Crippen molar-refractivity contribution in [2.45, 2.75) is 26.2 Å². The summed E-state index contributed by atoms with van der Waals surface area (Å²) >= 11 is 0. The number of rotatable bonds is 4. The van der Waals surface area contributed by atoms with Gasteiger partial charge in [-0.2, -0.15) is 0 Å². The third kappa shape index (κ3) is 2.71. The normalized spacial score (nSPS) is 30.5. The number of nitrogens with one attached hydrogen (secondary N) is 1. The van der Waals surface area contributed by atoms with Gasteiger partial charge in [-0.25, -0.2) is 0 Å². The molecule has 0 aromatic carbocycles. The largest absolute Gasteiger partial charge is 0.345 e. The molecular formula is C12H22N2O. The van der Waals surface area contributed by atoms with E-state index in [1.807, 2.05) is 11.9 Å². The molecule has 86 valence electrons. The maximum Gasteiger partial charge on any atom is 0.227 e. The van der Waals surface area contributed by atoms with Crippen LogP contribution < -0.4 is 5.32 Å². The van der Waals surface area contributed by atoms with Gasteiger partial charge in [0.05, 0.1) is 5.92 Å². The molecule has 0 spiro atoms. The Bertz CT molecular complexity index is 238. The summed E-state index contributed by atoms with van der Waals surface area (Å²) in [6.07, 6.45) is 3.96. The maximum atomic E-state index is 12.1. The summed E-state index contributed by atoms with van der Waals surface area (Å²) in [6, 6.07) is 0. The Kier molecular flexibility index (Phi) is 3.29. The van der Waals surface area contributed by atoms with Crippen molar-refractivity contribution in [3.63, 3.8) is 0 Å². The highest BCUT2D eigenvalue weighted by atomic mass is 16.2. The lowest BCUT2D eigenvalue weighted by molar-refractivity contribution is -0.134. The Morgan fingerprint density at radius 1 is 1.40 bits per heavy atom. The Hall–Kier alpha value is -0.570. The molecule has 15 heavy (non-hydrogen) atoms. The number of hydrogen-bond donors (Lipinski definition) is 1. The van der Waals surface area contributed by atoms with Crippen LogP contribution in [0.5, 0.6) is 0 Å². The van der Waals surface area contributed by atoms with Gasteiger partial charge in [-0.15, -0.1) is 0 Å². The van der Waals surface area contributed by atoms with E-state index in [4.69, 9.17) is 0 Å². The van der Waals surface area contributed by atoms with Crippen molar-refractivity contribution in [1.29, 1.82) is 0 Å². The lowest BCUT2D eigenvalue weighted by Crippen LogP contribution is -2.36. The van der Waals surface area contributed by atoms with Crippen molar-refractivity contribution in [3.8, 4) is 0 Å². The zero-order chi connectivity index (χ0) is 10.8. The van der Waals surface area contributed by atoms with Crippen molar-refractivity contribution in [1.82, 2.24) is 10.2 Å². The summed E-state index contributed by atoms with van der Waals surface area (Å²) in [5.74, 6) is 1.97. The molecular weight excluding hydrogens is 188 g/mol. The van der Waals surface area contributed by atoms with E-state index in [9.17, 15) is 4.79 Å². The van der Waals surface area contributed by atoms with Gasteiger partial charge in [0.25, 0.3) is 0 Å². The molecule has 2 rings (SSSR count). The summed E-state index contributed by atoms with van der Waals surface area (Å²) in [7, 11) is 1.95. The van der Waals surface area contributed by atoms with Gasteiger partial charge in [0.15, 0.2) is 0 Å². The molecule has 2 aliphatic rings. The van der Waals surface area contributed by atoms with Gasteiger partial charge >= 0.3 is 0 Å². The van der Waals surface area contributed by atoms with E-state index in [1.165, 1.54) is 19.3 Å². The number of hydrogen-bond acceptors (Lipinski definition) is 2. The van der Waals surface area contributed by atoms with E-state index in [0.29, 0.717) is 11.8 Å². The average molecular weight is 210 g/mol. The van der Waals surface area contributed by atoms with Crippen LogP contribution >= 0.6 is 0 Å². The molecule has 0 aromatic rings. The van der Waals surface area contributed by atoms with Gasteiger partial charge in [0, 0.05) is 20.1 Å². The summed E-state index contributed by atoms with van der Waals surface area (Å²) < 4.78 is 0. The van der Waals surface area contributed by atoms with Crippen LogP contribution in [0, 0.1) is 17.8 Å². The number of nitrogens with zero attached hydrogens (tertiary/aromatic N) is 1. The van der Waals surface area contributed by atoms with E-state index >= 15 is 0 Å². The van der Waals surface area contributed by atoms with Crippen molar-refractivity contribution in [3.05, 3.63) is 0 Å². The first-order valence-electron chi connectivity index (χ1n) is 6.14. The Morgan fingerprint density at radius 3 is 2.67 bits per heavy atom. The van der Waals surface area contributed by atoms with Gasteiger partial charge < -0.3 is 10.2 Å². The summed E-state index contributed by atoms with van der Waals surface area (Å²) in [5.41, 5.74) is 0. The summed E-state index contributed by atoms with van der Waals surface area (Å²) in [5, 5.41) is 3.29. The molecule has 3 nitrogen and oxygen atoms in total. The molecule has 1 saturated heterocycles. The van der Waals surface area contributed by atoms with Crippen LogP contribution in [0.4, 0.5) is 0 Å². The van der Waals surface area contributed by atoms with Crippen LogP contribution in [0.15, 0.2) is 0 Å². The van der Waals surface area contributed by atoms with E-state index < -0.39 is 0 Å². The first-order chi connectivity index (χ1) is 7.18. The Labute approximate surface area is 92.2 Å². The second-order valence-electron chi connectivity index (χ2n) is 5.23. The molecule has 1 saturated carbocycles. The molecule has 1 N–H and O–H groups in total. The number of amides is 1. The Balaban J connectivity index is 1.77. The smallest absolute Gasteiger partial charge is 0.227 e. The van der Waals surface area contributed by atoms with Crippen LogP contribution in [0.25, 0.3) is 0 Å². The van der Waals surface area contributed by atoms with Crippen LogP contribution in [-0.4, -0.2) is 37.5 Å². The second kappa shape index (κ2) is 4.52. The number of carbonyl (C=O) groups is 1. The highest BCUT2D eigenvalue weighted by Gasteiger charge is 2.32. The van der Waals surface area contributed by atoms with Gasteiger partial charge in [-0.1, -0.05) is 19.8 Å². The fourth-order valence-corrected chi connectivity index (χ4v) is 2.32. The zero-order valence-corrected chi connectivity index (χ0v) is 9.83. The fourth-order valence-electron chi connectivity index (χ4n) is 2.32. The van der Waals surface area contributed by atoms with E-state index in [0.717, 1.165) is 25.6 Å². The highest BCUT2D eigenvalue weighted by molar-refractivity contribution is 5.79. The van der Waals surface area contributed by atoms with Crippen molar-refractivity contribution < 1.29 is 4.79 Å². The maximum absolute atomic E-state index is 12.1. The van der Waals surface area contributed by atoms with Crippen LogP contribution in [0.1, 0.15) is 26.2 Å². The molecule has 3 heteroatoms. The average Bonchev–Trinajstić information content (AvgIpc) is 2.96. The van der Waals surface area contributed by atoms with Crippen LogP contribution in [-0.2, 0) is 4.79 Å². The number of carbonyl (C=O) groups excluding carboxylic acids is 1. The van der Waals surface area contributed by atoms with Crippen LogP contribution in [0.2, 0.25) is 0 Å². The lowest BCUT2D eigenvalue weighted by Gasteiger charge is -2.22. The van der Waals surface area contributed by atoms with Crippen LogP contribution in [0.3, 0.4) is 0 Å². The lowest BCUT2D eigenvalue weighted by atomic mass is 9.97. The molecule has 0 aromatic heterocycles. The van der Waals surface area contributed by atoms with Crippen molar-refractivity contribution in [2.75, 3.05) is 26.7 Å². The molecule has 0 radical (unpaired) electrons. The van der Waals surface area contributed by atoms with Crippen molar-refractivity contribution >= 4 is 5.91 Å². The third-order valence-electron chi connectivity index (χ3n) is 3.78. The van der Waals surface area contributed by atoms with Crippen molar-refractivity contribution in [2.24, 2.45) is 17.8 Å². The monoisotopic (exact) mass is 210 g/mol. The molecule has 1 aliphatic carbocycles. The standard InChI is InChI=1S/C12H22N2O/c1-9-7-13-8-11(9)12(15)14(2)6-5-10-3-4-10/h9-11,13H,3-8H2,1-2H3/t9-,11-/m1/s1. The highest BCUT2D eigenvalue weighted by Crippen LogP contribution is 2.32. The van der Waals surface area contributed by atoms with E-state index in [1.54, 1.807) is 0 Å². The minimum Gasteiger partial charge on any atom is -0.345 e. The minimum atomic E-state index is 0.217. The topological polar surface area (TPSA) is 32.3 Å². The quantitative estimate of drug-likeness (QED) is 0.753. The summed E-state index contributed by atoms with van der Waals surface area (Å²) in [6.45, 7) is 4.98. The molecule has 1 amide bonds. The molecule has 2 atom stereocenters. The molecule has 2 fully saturated rings. The van der Waals surface area contributed by atoms with Gasteiger partial charge in [0.1, 0.15) is 0 Å². The molecule has 1 heterocycles. The Morgan fingerprint density at radius 2 is 2.13 bits per heavy atom. The zero-order valence-electron chi connectivity index (χ0n) is 9.83. The fraction of sp³-hybridized carbons (Fsp3) is 0.917. The molecule has 0 bridgehead atoms. The van der Waals surface area contributed by atoms with E-state index in [2.05, 4.69) is 12.2 Å². The molecule has 1 aliphatic heterocycles. The second-order valence-corrected chi connectivity index (χ2v) is 5.23. The SMILES string of the molecule is C[C@@H]1CNC[C@H]1C(=O)N(C)CCC1CC1. The minimum absolute atomic E-state index is 0.217. The molecule has 0 unspecified atom stereocenters. The first kappa shape index (κ1) is 10.9. The first-order valence-corrected chi connectivity index (χ1v) is 6.14. The van der Waals surface area contributed by atoms with Gasteiger partial charge in [0.2, 0.25) is 5.91 Å². The van der Waals surface area contributed by atoms with E-state index in [-0.39, 0.29) is 5.92 Å². The van der Waals surface area contributed by atoms with Gasteiger partial charge in [-0.05, 0) is 24.8 Å². The third-order valence-corrected chi connectivity index (χ3v) is 3.78.